The van der Waals surface area contributed by atoms with E-state index in [-0.39, 0.29) is 5.91 Å². The van der Waals surface area contributed by atoms with Crippen molar-refractivity contribution in [1.29, 1.82) is 0 Å². The van der Waals surface area contributed by atoms with Crippen molar-refractivity contribution in [1.82, 2.24) is 4.90 Å². The van der Waals surface area contributed by atoms with Crippen LogP contribution in [0.5, 0.6) is 0 Å². The minimum absolute atomic E-state index is 0.166. The number of nitrogens with zero attached hydrogens (tertiary/aromatic N) is 2. The first-order chi connectivity index (χ1) is 14.1. The maximum Gasteiger partial charge on any atom is 0.490 e. The fraction of sp³-hybridized carbons (Fsp3) is 0.333. The third-order valence-corrected chi connectivity index (χ3v) is 4.45. The fourth-order valence-corrected chi connectivity index (χ4v) is 2.73. The van der Waals surface area contributed by atoms with Gasteiger partial charge >= 0.3 is 12.1 Å². The Morgan fingerprint density at radius 3 is 2.13 bits per heavy atom. The highest BCUT2D eigenvalue weighted by Gasteiger charge is 2.38. The van der Waals surface area contributed by atoms with Crippen LogP contribution in [0.3, 0.4) is 0 Å². The zero-order valence-corrected chi connectivity index (χ0v) is 16.7. The van der Waals surface area contributed by atoms with E-state index >= 15 is 0 Å². The Bertz CT molecular complexity index is 853. The number of rotatable bonds is 4. The molecule has 0 unspecified atom stereocenters. The third-order valence-electron chi connectivity index (χ3n) is 4.45. The van der Waals surface area contributed by atoms with Gasteiger partial charge in [-0.3, -0.25) is 9.69 Å². The lowest BCUT2D eigenvalue weighted by molar-refractivity contribution is -0.192. The number of hydrogen-bond donors (Lipinski definition) is 2. The van der Waals surface area contributed by atoms with Gasteiger partial charge in [0.2, 0.25) is 5.91 Å². The number of aryl methyl sites for hydroxylation is 1. The maximum atomic E-state index is 12.1. The zero-order chi connectivity index (χ0) is 22.3. The van der Waals surface area contributed by atoms with Gasteiger partial charge in [0.15, 0.2) is 0 Å². The maximum absolute atomic E-state index is 12.1. The summed E-state index contributed by atoms with van der Waals surface area (Å²) in [6.45, 7) is 5.06. The largest absolute Gasteiger partial charge is 0.490 e. The number of amides is 1. The summed E-state index contributed by atoms with van der Waals surface area (Å²) in [6.07, 6.45) is -5.08. The molecule has 0 radical (unpaired) electrons. The molecule has 0 saturated carbocycles. The number of hydrogen-bond acceptors (Lipinski definition) is 4. The number of carbonyl (C=O) groups excluding carboxylic acids is 1. The predicted molar refractivity (Wildman–Crippen MR) is 108 cm³/mol. The van der Waals surface area contributed by atoms with Gasteiger partial charge in [0, 0.05) is 31.0 Å². The fourth-order valence-electron chi connectivity index (χ4n) is 2.73. The van der Waals surface area contributed by atoms with Crippen molar-refractivity contribution in [3.8, 4) is 0 Å². The van der Waals surface area contributed by atoms with Crippen LogP contribution in [0.1, 0.15) is 11.1 Å². The molecule has 0 spiro atoms. The van der Waals surface area contributed by atoms with Gasteiger partial charge in [0.1, 0.15) is 0 Å². The molecule has 1 aliphatic heterocycles. The van der Waals surface area contributed by atoms with Crippen molar-refractivity contribution >= 4 is 23.3 Å². The highest BCUT2D eigenvalue weighted by atomic mass is 19.4. The van der Waals surface area contributed by atoms with Gasteiger partial charge in [0.25, 0.3) is 0 Å². The summed E-state index contributed by atoms with van der Waals surface area (Å²) in [5, 5.41) is 10.5. The minimum atomic E-state index is -5.08. The summed E-state index contributed by atoms with van der Waals surface area (Å²) in [6, 6.07) is 16.6. The Morgan fingerprint density at radius 1 is 1.07 bits per heavy atom. The number of aliphatic carboxylic acids is 1. The molecule has 0 aromatic heterocycles. The van der Waals surface area contributed by atoms with E-state index in [4.69, 9.17) is 9.90 Å². The van der Waals surface area contributed by atoms with E-state index in [0.29, 0.717) is 6.54 Å². The van der Waals surface area contributed by atoms with Gasteiger partial charge < -0.3 is 15.3 Å². The number of benzene rings is 2. The van der Waals surface area contributed by atoms with Crippen LogP contribution in [0.25, 0.3) is 0 Å². The van der Waals surface area contributed by atoms with Crippen molar-refractivity contribution in [2.75, 3.05) is 36.9 Å². The van der Waals surface area contributed by atoms with Gasteiger partial charge in [-0.2, -0.15) is 13.2 Å². The van der Waals surface area contributed by atoms with E-state index in [1.54, 1.807) is 0 Å². The summed E-state index contributed by atoms with van der Waals surface area (Å²) in [7, 11) is 1.98. The van der Waals surface area contributed by atoms with Crippen molar-refractivity contribution in [3.05, 3.63) is 59.7 Å². The average Bonchev–Trinajstić information content (AvgIpc) is 2.68. The van der Waals surface area contributed by atoms with Gasteiger partial charge in [-0.05, 0) is 43.8 Å². The molecular weight excluding hydrogens is 399 g/mol. The first-order valence-electron chi connectivity index (χ1n) is 9.25. The first kappa shape index (κ1) is 23.2. The van der Waals surface area contributed by atoms with Crippen LogP contribution < -0.4 is 10.2 Å². The lowest BCUT2D eigenvalue weighted by Crippen LogP contribution is -2.48. The topological polar surface area (TPSA) is 72.9 Å². The Labute approximate surface area is 172 Å². The van der Waals surface area contributed by atoms with Crippen molar-refractivity contribution < 1.29 is 27.9 Å². The summed E-state index contributed by atoms with van der Waals surface area (Å²) in [5.41, 5.74) is 4.57. The molecule has 162 valence electrons. The molecule has 3 rings (SSSR count). The second kappa shape index (κ2) is 10.1. The number of anilines is 2. The summed E-state index contributed by atoms with van der Waals surface area (Å²) >= 11 is 0. The second-order valence-electron chi connectivity index (χ2n) is 6.97. The second-order valence-corrected chi connectivity index (χ2v) is 6.97. The van der Waals surface area contributed by atoms with Gasteiger partial charge in [0.05, 0.1) is 6.54 Å². The van der Waals surface area contributed by atoms with Crippen LogP contribution >= 0.6 is 0 Å². The van der Waals surface area contributed by atoms with Gasteiger partial charge in [-0.15, -0.1) is 0 Å². The Kier molecular flexibility index (Phi) is 7.82. The average molecular weight is 423 g/mol. The van der Waals surface area contributed by atoms with Crippen LogP contribution in [0.2, 0.25) is 0 Å². The smallest absolute Gasteiger partial charge is 0.475 e. The standard InChI is InChI=1S/C19H23N3O.C2HF3O2/c1-15-3-5-16(6-4-15)13-20-17-7-9-18(10-8-17)22-12-11-21(2)14-19(22)23;3-2(4,5)1(6)7/h3-10,20H,11-14H2,1-2H3;(H,6,7). The Balaban J connectivity index is 0.000000396. The molecule has 1 aliphatic rings. The highest BCUT2D eigenvalue weighted by molar-refractivity contribution is 5.95. The Morgan fingerprint density at radius 2 is 1.63 bits per heavy atom. The highest BCUT2D eigenvalue weighted by Crippen LogP contribution is 2.20. The first-order valence-corrected chi connectivity index (χ1v) is 9.25. The molecular formula is C21H24F3N3O3. The normalized spacial score (nSPS) is 14.7. The number of piperazine rings is 1. The lowest BCUT2D eigenvalue weighted by atomic mass is 10.1. The third kappa shape index (κ3) is 7.07. The van der Waals surface area contributed by atoms with Crippen LogP contribution in [0.15, 0.2) is 48.5 Å². The van der Waals surface area contributed by atoms with E-state index in [0.717, 1.165) is 31.0 Å². The number of halogens is 3. The molecule has 0 bridgehead atoms. The number of nitrogens with one attached hydrogen (secondary N) is 1. The number of carboxylic acid groups (broad SMARTS) is 1. The molecule has 9 heteroatoms. The number of carbonyl (C=O) groups is 2. The molecule has 2 aromatic rings. The van der Waals surface area contributed by atoms with E-state index < -0.39 is 12.1 Å². The SMILES string of the molecule is Cc1ccc(CNc2ccc(N3CCN(C)CC3=O)cc2)cc1.O=C(O)C(F)(F)F. The monoisotopic (exact) mass is 423 g/mol. The molecule has 30 heavy (non-hydrogen) atoms. The summed E-state index contributed by atoms with van der Waals surface area (Å²) in [4.78, 5) is 24.9. The predicted octanol–water partition coefficient (Wildman–Crippen LogP) is 3.52. The van der Waals surface area contributed by atoms with Gasteiger partial charge in [-0.25, -0.2) is 4.79 Å². The molecule has 2 N–H and O–H groups in total. The van der Waals surface area contributed by atoms with Crippen LogP contribution in [-0.2, 0) is 16.1 Å². The van der Waals surface area contributed by atoms with Crippen molar-refractivity contribution in [2.24, 2.45) is 0 Å². The van der Waals surface area contributed by atoms with Crippen molar-refractivity contribution in [2.45, 2.75) is 19.6 Å². The van der Waals surface area contributed by atoms with Crippen LogP contribution in [0.4, 0.5) is 24.5 Å². The molecule has 1 amide bonds. The summed E-state index contributed by atoms with van der Waals surface area (Å²) < 4.78 is 31.7. The Hall–Kier alpha value is -3.07. The molecule has 1 heterocycles. The summed E-state index contributed by atoms with van der Waals surface area (Å²) in [5.74, 6) is -2.59. The molecule has 0 atom stereocenters. The molecule has 0 aliphatic carbocycles. The number of alkyl halides is 3. The van der Waals surface area contributed by atoms with Crippen LogP contribution in [0, 0.1) is 6.92 Å². The quantitative estimate of drug-likeness (QED) is 0.787. The molecule has 6 nitrogen and oxygen atoms in total. The van der Waals surface area contributed by atoms with E-state index in [1.807, 2.05) is 36.2 Å². The molecule has 2 aromatic carbocycles. The minimum Gasteiger partial charge on any atom is -0.475 e. The van der Waals surface area contributed by atoms with Crippen molar-refractivity contribution in [3.63, 3.8) is 0 Å². The lowest BCUT2D eigenvalue weighted by Gasteiger charge is -2.32. The van der Waals surface area contributed by atoms with E-state index in [9.17, 15) is 18.0 Å². The number of likely N-dealkylation sites (N-methyl/N-ethyl adjacent to an activating group) is 1. The van der Waals surface area contributed by atoms with Gasteiger partial charge in [-0.1, -0.05) is 29.8 Å². The van der Waals surface area contributed by atoms with E-state index in [1.165, 1.54) is 11.1 Å². The molecule has 1 saturated heterocycles. The van der Waals surface area contributed by atoms with E-state index in [2.05, 4.69) is 41.4 Å². The zero-order valence-electron chi connectivity index (χ0n) is 16.7. The number of carboxylic acids is 1. The molecule has 1 fully saturated rings. The van der Waals surface area contributed by atoms with Crippen LogP contribution in [-0.4, -0.2) is 54.7 Å².